The fraction of sp³-hybridized carbons (Fsp3) is 0. The number of halogens is 1. The third-order valence-corrected chi connectivity index (χ3v) is 2.43. The molecule has 1 heterocycles. The van der Waals surface area contributed by atoms with Crippen LogP contribution in [0.25, 0.3) is 0 Å². The minimum Gasteiger partial charge on any atom is -0.383 e. The van der Waals surface area contributed by atoms with Crippen LogP contribution in [0.4, 0.5) is 15.9 Å². The summed E-state index contributed by atoms with van der Waals surface area (Å²) in [4.78, 5) is 15.7. The molecule has 6 heteroatoms. The minimum absolute atomic E-state index is 0.0378. The number of pyridine rings is 1. The number of hydrogen-bond donors (Lipinski definition) is 2. The minimum atomic E-state index is -0.546. The van der Waals surface area contributed by atoms with E-state index in [-0.39, 0.29) is 22.6 Å². The van der Waals surface area contributed by atoms with Crippen molar-refractivity contribution in [2.24, 2.45) is 0 Å². The third-order valence-electron chi connectivity index (χ3n) is 2.43. The van der Waals surface area contributed by atoms with Crippen LogP contribution in [0.5, 0.6) is 0 Å². The van der Waals surface area contributed by atoms with Crippen LogP contribution in [0.1, 0.15) is 15.9 Å². The van der Waals surface area contributed by atoms with Crippen molar-refractivity contribution in [3.63, 3.8) is 0 Å². The van der Waals surface area contributed by atoms with E-state index in [1.165, 1.54) is 18.3 Å². The van der Waals surface area contributed by atoms with Crippen molar-refractivity contribution in [3.8, 4) is 6.07 Å². The number of rotatable bonds is 2. The van der Waals surface area contributed by atoms with Gasteiger partial charge < -0.3 is 11.1 Å². The average Bonchev–Trinajstić information content (AvgIpc) is 2.41. The largest absolute Gasteiger partial charge is 0.383 e. The zero-order chi connectivity index (χ0) is 13.8. The van der Waals surface area contributed by atoms with Crippen LogP contribution in [0, 0.1) is 17.1 Å². The monoisotopic (exact) mass is 256 g/mol. The number of aromatic nitrogens is 1. The Morgan fingerprint density at radius 3 is 2.89 bits per heavy atom. The molecule has 0 fully saturated rings. The molecule has 1 aromatic heterocycles. The van der Waals surface area contributed by atoms with Crippen molar-refractivity contribution in [2.45, 2.75) is 0 Å². The quantitative estimate of drug-likeness (QED) is 0.858. The number of amides is 1. The summed E-state index contributed by atoms with van der Waals surface area (Å²) in [5.41, 5.74) is 6.02. The van der Waals surface area contributed by atoms with Gasteiger partial charge in [-0.15, -0.1) is 0 Å². The lowest BCUT2D eigenvalue weighted by atomic mass is 10.1. The second kappa shape index (κ2) is 5.14. The first-order valence-corrected chi connectivity index (χ1v) is 5.33. The Morgan fingerprint density at radius 2 is 2.21 bits per heavy atom. The van der Waals surface area contributed by atoms with Crippen LogP contribution >= 0.6 is 0 Å². The molecule has 94 valence electrons. The van der Waals surface area contributed by atoms with Gasteiger partial charge in [-0.05, 0) is 30.3 Å². The molecule has 0 spiro atoms. The Kier molecular flexibility index (Phi) is 3.39. The lowest BCUT2D eigenvalue weighted by Gasteiger charge is -2.08. The van der Waals surface area contributed by atoms with Gasteiger partial charge in [-0.25, -0.2) is 9.37 Å². The lowest BCUT2D eigenvalue weighted by Crippen LogP contribution is -2.15. The van der Waals surface area contributed by atoms with Gasteiger partial charge in [0.05, 0.1) is 16.8 Å². The van der Waals surface area contributed by atoms with Gasteiger partial charge in [0, 0.05) is 6.20 Å². The highest BCUT2D eigenvalue weighted by Crippen LogP contribution is 2.18. The van der Waals surface area contributed by atoms with Crippen LogP contribution in [0.15, 0.2) is 36.5 Å². The molecule has 0 aliphatic rings. The lowest BCUT2D eigenvalue weighted by molar-refractivity contribution is 0.102. The predicted molar refractivity (Wildman–Crippen MR) is 67.7 cm³/mol. The van der Waals surface area contributed by atoms with Gasteiger partial charge in [0.15, 0.2) is 0 Å². The summed E-state index contributed by atoms with van der Waals surface area (Å²) in [5.74, 6) is -0.968. The van der Waals surface area contributed by atoms with E-state index in [9.17, 15) is 9.18 Å². The molecular weight excluding hydrogens is 247 g/mol. The highest BCUT2D eigenvalue weighted by Gasteiger charge is 2.12. The first kappa shape index (κ1) is 12.5. The fourth-order valence-electron chi connectivity index (χ4n) is 1.52. The molecule has 19 heavy (non-hydrogen) atoms. The molecule has 0 bridgehead atoms. The highest BCUT2D eigenvalue weighted by atomic mass is 19.1. The van der Waals surface area contributed by atoms with E-state index >= 15 is 0 Å². The van der Waals surface area contributed by atoms with Gasteiger partial charge in [0.2, 0.25) is 0 Å². The highest BCUT2D eigenvalue weighted by molar-refractivity contribution is 6.07. The maximum absolute atomic E-state index is 13.0. The second-order valence-corrected chi connectivity index (χ2v) is 3.69. The molecule has 1 amide bonds. The van der Waals surface area contributed by atoms with Crippen LogP contribution in [0.3, 0.4) is 0 Å². The maximum Gasteiger partial charge on any atom is 0.259 e. The summed E-state index contributed by atoms with van der Waals surface area (Å²) in [6.45, 7) is 0. The van der Waals surface area contributed by atoms with E-state index in [1.807, 2.05) is 0 Å². The smallest absolute Gasteiger partial charge is 0.259 e. The number of hydrogen-bond acceptors (Lipinski definition) is 4. The molecule has 0 radical (unpaired) electrons. The third kappa shape index (κ3) is 2.66. The van der Waals surface area contributed by atoms with Crippen LogP contribution in [-0.4, -0.2) is 10.9 Å². The Balaban J connectivity index is 2.30. The number of nitrogen functional groups attached to an aromatic ring is 1. The summed E-state index contributed by atoms with van der Waals surface area (Å²) >= 11 is 0. The van der Waals surface area contributed by atoms with Crippen molar-refractivity contribution < 1.29 is 9.18 Å². The van der Waals surface area contributed by atoms with Gasteiger partial charge in [0.1, 0.15) is 17.7 Å². The van der Waals surface area contributed by atoms with Gasteiger partial charge in [0.25, 0.3) is 5.91 Å². The van der Waals surface area contributed by atoms with Gasteiger partial charge in [-0.2, -0.15) is 5.26 Å². The summed E-state index contributed by atoms with van der Waals surface area (Å²) in [7, 11) is 0. The summed E-state index contributed by atoms with van der Waals surface area (Å²) in [6.07, 6.45) is 1.46. The molecule has 2 aromatic rings. The number of nitrogens with zero attached hydrogens (tertiary/aromatic N) is 2. The van der Waals surface area contributed by atoms with E-state index in [1.54, 1.807) is 12.1 Å². The molecule has 0 unspecified atom stereocenters. The second-order valence-electron chi connectivity index (χ2n) is 3.69. The van der Waals surface area contributed by atoms with Crippen molar-refractivity contribution in [3.05, 3.63) is 53.5 Å². The number of nitrogens with one attached hydrogen (secondary N) is 1. The molecule has 0 aliphatic heterocycles. The Morgan fingerprint density at radius 1 is 1.42 bits per heavy atom. The standard InChI is InChI=1S/C13H9FN4O/c14-9-3-4-11(8(6-9)7-15)18-13(19)10-2-1-5-17-12(10)16/h1-6H,(H2,16,17)(H,18,19). The van der Waals surface area contributed by atoms with Crippen LogP contribution in [-0.2, 0) is 0 Å². The number of anilines is 2. The van der Waals surface area contributed by atoms with E-state index in [4.69, 9.17) is 11.0 Å². The molecule has 3 N–H and O–H groups in total. The molecular formula is C13H9FN4O. The first-order chi connectivity index (χ1) is 9.11. The van der Waals surface area contributed by atoms with Gasteiger partial charge in [-0.3, -0.25) is 4.79 Å². The van der Waals surface area contributed by atoms with Gasteiger partial charge >= 0.3 is 0 Å². The molecule has 5 nitrogen and oxygen atoms in total. The van der Waals surface area contributed by atoms with E-state index in [0.717, 1.165) is 12.1 Å². The number of carbonyl (C=O) groups is 1. The Hall–Kier alpha value is -2.94. The molecule has 2 rings (SSSR count). The Labute approximate surface area is 108 Å². The molecule has 1 aromatic carbocycles. The van der Waals surface area contributed by atoms with E-state index in [2.05, 4.69) is 10.3 Å². The molecule has 0 saturated carbocycles. The number of benzene rings is 1. The van der Waals surface area contributed by atoms with Crippen LogP contribution in [0.2, 0.25) is 0 Å². The predicted octanol–water partition coefficient (Wildman–Crippen LogP) is 1.93. The van der Waals surface area contributed by atoms with Crippen molar-refractivity contribution >= 4 is 17.4 Å². The summed E-state index contributed by atoms with van der Waals surface area (Å²) in [6, 6.07) is 8.40. The zero-order valence-corrected chi connectivity index (χ0v) is 9.72. The van der Waals surface area contributed by atoms with Crippen molar-refractivity contribution in [1.29, 1.82) is 5.26 Å². The van der Waals surface area contributed by atoms with Gasteiger partial charge in [-0.1, -0.05) is 0 Å². The Bertz CT molecular complexity index is 679. The van der Waals surface area contributed by atoms with Crippen molar-refractivity contribution in [2.75, 3.05) is 11.1 Å². The van der Waals surface area contributed by atoms with Crippen LogP contribution < -0.4 is 11.1 Å². The topological polar surface area (TPSA) is 91.8 Å². The van der Waals surface area contributed by atoms with E-state index < -0.39 is 11.7 Å². The van der Waals surface area contributed by atoms with Crippen molar-refractivity contribution in [1.82, 2.24) is 4.98 Å². The molecule has 0 saturated heterocycles. The fourth-order valence-corrected chi connectivity index (χ4v) is 1.52. The zero-order valence-electron chi connectivity index (χ0n) is 9.72. The summed E-state index contributed by atoms with van der Waals surface area (Å²) in [5, 5.41) is 11.4. The average molecular weight is 256 g/mol. The normalized spacial score (nSPS) is 9.68. The number of nitrogens with two attached hydrogens (primary N) is 1. The SMILES string of the molecule is N#Cc1cc(F)ccc1NC(=O)c1cccnc1N. The maximum atomic E-state index is 13.0. The first-order valence-electron chi connectivity index (χ1n) is 5.33. The molecule has 0 aliphatic carbocycles. The number of carbonyl (C=O) groups excluding carboxylic acids is 1. The summed E-state index contributed by atoms with van der Waals surface area (Å²) < 4.78 is 13.0. The van der Waals surface area contributed by atoms with E-state index in [0.29, 0.717) is 0 Å². The molecule has 0 atom stereocenters. The number of nitriles is 1.